The summed E-state index contributed by atoms with van der Waals surface area (Å²) in [6.07, 6.45) is -0.0208. The van der Waals surface area contributed by atoms with Gasteiger partial charge in [0.25, 0.3) is 0 Å². The molecule has 0 aliphatic heterocycles. The van der Waals surface area contributed by atoms with Gasteiger partial charge in [-0.1, -0.05) is 18.2 Å². The molecule has 2 aromatic rings. The van der Waals surface area contributed by atoms with E-state index in [1.807, 2.05) is 25.1 Å². The van der Waals surface area contributed by atoms with Crippen molar-refractivity contribution in [1.29, 1.82) is 0 Å². The predicted octanol–water partition coefficient (Wildman–Crippen LogP) is 3.29. The van der Waals surface area contributed by atoms with Gasteiger partial charge in [0.05, 0.1) is 26.9 Å². The van der Waals surface area contributed by atoms with Crippen molar-refractivity contribution in [1.82, 2.24) is 10.6 Å². The van der Waals surface area contributed by atoms with Crippen molar-refractivity contribution in [2.45, 2.75) is 19.4 Å². The van der Waals surface area contributed by atoms with E-state index in [0.29, 0.717) is 36.1 Å². The molecule has 8 heteroatoms. The fourth-order valence-corrected chi connectivity index (χ4v) is 2.67. The Morgan fingerprint density at radius 3 is 2.38 bits per heavy atom. The minimum Gasteiger partial charge on any atom is -0.493 e. The molecule has 29 heavy (non-hydrogen) atoms. The van der Waals surface area contributed by atoms with Crippen molar-refractivity contribution in [2.24, 2.45) is 4.99 Å². The van der Waals surface area contributed by atoms with Crippen molar-refractivity contribution in [2.75, 3.05) is 33.9 Å². The van der Waals surface area contributed by atoms with E-state index in [1.54, 1.807) is 26.4 Å². The van der Waals surface area contributed by atoms with Crippen LogP contribution in [0.2, 0.25) is 0 Å². The molecule has 2 aromatic carbocycles. The molecule has 0 aliphatic rings. The summed E-state index contributed by atoms with van der Waals surface area (Å²) in [5.41, 5.74) is 1.73. The second-order valence-corrected chi connectivity index (χ2v) is 6.15. The average molecular weight is 517 g/mol. The number of aliphatic hydroxyl groups is 1. The Labute approximate surface area is 188 Å². The van der Waals surface area contributed by atoms with Crippen molar-refractivity contribution in [3.8, 4) is 11.5 Å². The molecule has 0 amide bonds. The van der Waals surface area contributed by atoms with Crippen LogP contribution in [0.3, 0.4) is 0 Å². The number of guanidine groups is 1. The molecule has 0 saturated heterocycles. The smallest absolute Gasteiger partial charge is 0.191 e. The zero-order valence-corrected chi connectivity index (χ0v) is 19.3. The molecule has 6 nitrogen and oxygen atoms in total. The number of rotatable bonds is 9. The standard InChI is InChI=1S/C21H28FN3O3.HI/c1-4-23-21(25-14-18(26)16-6-8-17(22)9-7-16)24-12-11-15-5-10-19(27-2)20(13-15)28-3;/h5-10,13,18,26H,4,11-12,14H2,1-3H3,(H2,23,24,25);1H. The van der Waals surface area contributed by atoms with Crippen LogP contribution in [-0.2, 0) is 6.42 Å². The summed E-state index contributed by atoms with van der Waals surface area (Å²) in [7, 11) is 3.22. The summed E-state index contributed by atoms with van der Waals surface area (Å²) < 4.78 is 23.6. The molecule has 0 fully saturated rings. The van der Waals surface area contributed by atoms with Gasteiger partial charge < -0.3 is 25.2 Å². The van der Waals surface area contributed by atoms with Crippen LogP contribution in [0.5, 0.6) is 11.5 Å². The molecule has 0 aliphatic carbocycles. The van der Waals surface area contributed by atoms with Crippen LogP contribution in [0, 0.1) is 5.82 Å². The van der Waals surface area contributed by atoms with Crippen LogP contribution in [0.4, 0.5) is 4.39 Å². The minimum absolute atomic E-state index is 0. The normalized spacial score (nSPS) is 12.0. The molecule has 2 rings (SSSR count). The SMILES string of the molecule is CCNC(=NCC(O)c1ccc(F)cc1)NCCc1ccc(OC)c(OC)c1.I. The minimum atomic E-state index is -0.790. The second kappa shape index (κ2) is 13.2. The molecule has 1 unspecified atom stereocenters. The number of hydrogen-bond donors (Lipinski definition) is 3. The topological polar surface area (TPSA) is 75.1 Å². The van der Waals surface area contributed by atoms with Gasteiger partial charge in [0.15, 0.2) is 17.5 Å². The van der Waals surface area contributed by atoms with Crippen LogP contribution in [0.15, 0.2) is 47.5 Å². The van der Waals surface area contributed by atoms with E-state index in [4.69, 9.17) is 9.47 Å². The second-order valence-electron chi connectivity index (χ2n) is 6.15. The maximum atomic E-state index is 13.0. The van der Waals surface area contributed by atoms with Crippen LogP contribution < -0.4 is 20.1 Å². The Balaban J connectivity index is 0.00000420. The molecule has 160 valence electrons. The average Bonchev–Trinajstić information content (AvgIpc) is 2.72. The highest BCUT2D eigenvalue weighted by molar-refractivity contribution is 14.0. The van der Waals surface area contributed by atoms with Gasteiger partial charge in [-0.15, -0.1) is 24.0 Å². The Morgan fingerprint density at radius 1 is 1.07 bits per heavy atom. The summed E-state index contributed by atoms with van der Waals surface area (Å²) in [5.74, 6) is 1.68. The van der Waals surface area contributed by atoms with Gasteiger partial charge in [0, 0.05) is 13.1 Å². The highest BCUT2D eigenvalue weighted by atomic mass is 127. The molecule has 0 bridgehead atoms. The molecule has 0 saturated carbocycles. The van der Waals surface area contributed by atoms with Crippen molar-refractivity contribution >= 4 is 29.9 Å². The van der Waals surface area contributed by atoms with E-state index in [2.05, 4.69) is 15.6 Å². The summed E-state index contributed by atoms with van der Waals surface area (Å²) in [4.78, 5) is 4.41. The Morgan fingerprint density at radius 2 is 1.76 bits per heavy atom. The van der Waals surface area contributed by atoms with Crippen LogP contribution >= 0.6 is 24.0 Å². The summed E-state index contributed by atoms with van der Waals surface area (Å²) in [6, 6.07) is 11.6. The quantitative estimate of drug-likeness (QED) is 0.271. The first-order chi connectivity index (χ1) is 13.6. The highest BCUT2D eigenvalue weighted by Gasteiger charge is 2.08. The molecule has 0 aromatic heterocycles. The first kappa shape index (κ1) is 25.0. The number of methoxy groups -OCH3 is 2. The lowest BCUT2D eigenvalue weighted by molar-refractivity contribution is 0.187. The lowest BCUT2D eigenvalue weighted by Gasteiger charge is -2.14. The number of ether oxygens (including phenoxy) is 2. The number of hydrogen-bond acceptors (Lipinski definition) is 4. The van der Waals surface area contributed by atoms with E-state index in [9.17, 15) is 9.50 Å². The first-order valence-corrected chi connectivity index (χ1v) is 9.24. The Hall–Kier alpha value is -2.07. The fraction of sp³-hybridized carbons (Fsp3) is 0.381. The van der Waals surface area contributed by atoms with E-state index in [-0.39, 0.29) is 36.3 Å². The lowest BCUT2D eigenvalue weighted by Crippen LogP contribution is -2.38. The van der Waals surface area contributed by atoms with E-state index >= 15 is 0 Å². The number of aliphatic imine (C=N–C) groups is 1. The number of benzene rings is 2. The summed E-state index contributed by atoms with van der Waals surface area (Å²) in [6.45, 7) is 3.52. The number of aliphatic hydroxyl groups excluding tert-OH is 1. The van der Waals surface area contributed by atoms with Gasteiger partial charge in [0.1, 0.15) is 5.82 Å². The molecule has 0 spiro atoms. The van der Waals surface area contributed by atoms with E-state index in [1.165, 1.54) is 12.1 Å². The summed E-state index contributed by atoms with van der Waals surface area (Å²) >= 11 is 0. The van der Waals surface area contributed by atoms with E-state index < -0.39 is 6.10 Å². The van der Waals surface area contributed by atoms with E-state index in [0.717, 1.165) is 12.0 Å². The maximum absolute atomic E-state index is 13.0. The molecule has 1 atom stereocenters. The van der Waals surface area contributed by atoms with Crippen LogP contribution in [-0.4, -0.2) is 44.9 Å². The fourth-order valence-electron chi connectivity index (χ4n) is 2.67. The third kappa shape index (κ3) is 8.06. The monoisotopic (exact) mass is 517 g/mol. The maximum Gasteiger partial charge on any atom is 0.191 e. The molecule has 0 radical (unpaired) electrons. The zero-order chi connectivity index (χ0) is 20.4. The predicted molar refractivity (Wildman–Crippen MR) is 124 cm³/mol. The third-order valence-corrected chi connectivity index (χ3v) is 4.18. The van der Waals surface area contributed by atoms with Gasteiger partial charge >= 0.3 is 0 Å². The lowest BCUT2D eigenvalue weighted by atomic mass is 10.1. The van der Waals surface area contributed by atoms with Gasteiger partial charge in [-0.3, -0.25) is 4.99 Å². The largest absolute Gasteiger partial charge is 0.493 e. The first-order valence-electron chi connectivity index (χ1n) is 9.24. The number of nitrogens with zero attached hydrogens (tertiary/aromatic N) is 1. The Bertz CT molecular complexity index is 772. The molecular weight excluding hydrogens is 488 g/mol. The Kier molecular flexibility index (Phi) is 11.4. The number of halogens is 2. The highest BCUT2D eigenvalue weighted by Crippen LogP contribution is 2.27. The van der Waals surface area contributed by atoms with Crippen molar-refractivity contribution in [3.63, 3.8) is 0 Å². The van der Waals surface area contributed by atoms with Gasteiger partial charge in [0.2, 0.25) is 0 Å². The van der Waals surface area contributed by atoms with Crippen molar-refractivity contribution in [3.05, 3.63) is 59.4 Å². The summed E-state index contributed by atoms with van der Waals surface area (Å²) in [5, 5.41) is 16.6. The van der Waals surface area contributed by atoms with Gasteiger partial charge in [-0.05, 0) is 48.7 Å². The zero-order valence-electron chi connectivity index (χ0n) is 16.9. The van der Waals surface area contributed by atoms with Gasteiger partial charge in [-0.2, -0.15) is 0 Å². The van der Waals surface area contributed by atoms with Crippen molar-refractivity contribution < 1.29 is 19.0 Å². The molecular formula is C21H29FIN3O3. The van der Waals surface area contributed by atoms with Gasteiger partial charge in [-0.25, -0.2) is 4.39 Å². The van der Waals surface area contributed by atoms with Crippen LogP contribution in [0.1, 0.15) is 24.2 Å². The molecule has 3 N–H and O–H groups in total. The molecule has 0 heterocycles. The third-order valence-electron chi connectivity index (χ3n) is 4.18. The number of nitrogens with one attached hydrogen (secondary N) is 2. The van der Waals surface area contributed by atoms with Crippen LogP contribution in [0.25, 0.3) is 0 Å².